The summed E-state index contributed by atoms with van der Waals surface area (Å²) < 4.78 is 36.2. The highest BCUT2D eigenvalue weighted by molar-refractivity contribution is 7.88. The Kier molecular flexibility index (Phi) is 11.3. The quantitative estimate of drug-likeness (QED) is 0.130. The van der Waals surface area contributed by atoms with Gasteiger partial charge in [-0.3, -0.25) is 4.21 Å². The highest BCUT2D eigenvalue weighted by Crippen LogP contribution is 2.19. The molecular formula is C12H19N7O7S3. The molecule has 29 heavy (non-hydrogen) atoms. The van der Waals surface area contributed by atoms with Gasteiger partial charge >= 0.3 is 22.1 Å². The monoisotopic (exact) mass is 469 g/mol. The van der Waals surface area contributed by atoms with E-state index in [-0.39, 0.29) is 29.7 Å². The first-order valence-corrected chi connectivity index (χ1v) is 11.1. The summed E-state index contributed by atoms with van der Waals surface area (Å²) in [7, 11) is -5.31. The molecule has 0 aliphatic rings. The van der Waals surface area contributed by atoms with Crippen LogP contribution in [0.1, 0.15) is 12.1 Å². The van der Waals surface area contributed by atoms with Crippen molar-refractivity contribution in [3.8, 4) is 0 Å². The predicted octanol–water partition coefficient (Wildman–Crippen LogP) is -2.04. The number of aliphatic carboxylic acids is 2. The average molecular weight is 470 g/mol. The second-order valence-corrected chi connectivity index (χ2v) is 8.43. The maximum Gasteiger partial charge on any atom is 0.328 e. The minimum atomic E-state index is -4.02. The first-order valence-electron chi connectivity index (χ1n) is 7.18. The molecule has 0 saturated heterocycles. The van der Waals surface area contributed by atoms with Gasteiger partial charge in [-0.15, -0.1) is 15.7 Å². The van der Waals surface area contributed by atoms with Crippen LogP contribution in [0.2, 0.25) is 0 Å². The number of guanidine groups is 1. The topological polar surface area (TPSA) is 268 Å². The van der Waals surface area contributed by atoms with Crippen LogP contribution in [-0.4, -0.2) is 57.3 Å². The maximum atomic E-state index is 11.8. The minimum Gasteiger partial charge on any atom is -0.478 e. The van der Waals surface area contributed by atoms with E-state index < -0.39 is 32.9 Å². The van der Waals surface area contributed by atoms with Crippen molar-refractivity contribution in [3.05, 3.63) is 23.2 Å². The summed E-state index contributed by atoms with van der Waals surface area (Å²) in [5.41, 5.74) is 16.4. The van der Waals surface area contributed by atoms with Crippen molar-refractivity contribution in [2.45, 2.75) is 12.2 Å². The van der Waals surface area contributed by atoms with E-state index in [0.717, 1.165) is 0 Å². The number of rotatable bonds is 9. The Labute approximate surface area is 171 Å². The van der Waals surface area contributed by atoms with Crippen molar-refractivity contribution >= 4 is 61.2 Å². The van der Waals surface area contributed by atoms with Crippen LogP contribution in [0.3, 0.4) is 0 Å². The number of aromatic nitrogens is 1. The zero-order valence-electron chi connectivity index (χ0n) is 14.7. The van der Waals surface area contributed by atoms with E-state index in [9.17, 15) is 22.2 Å². The summed E-state index contributed by atoms with van der Waals surface area (Å²) >= 11 is 1.21. The van der Waals surface area contributed by atoms with Gasteiger partial charge in [0.25, 0.3) is 0 Å². The molecule has 1 aromatic rings. The van der Waals surface area contributed by atoms with Crippen LogP contribution >= 0.6 is 11.3 Å². The molecule has 1 unspecified atom stereocenters. The molecule has 0 saturated carbocycles. The third-order valence-corrected chi connectivity index (χ3v) is 4.82. The molecule has 1 heterocycles. The second kappa shape index (κ2) is 12.5. The van der Waals surface area contributed by atoms with Gasteiger partial charge in [0, 0.05) is 40.5 Å². The van der Waals surface area contributed by atoms with Crippen LogP contribution in [0.25, 0.3) is 0 Å². The van der Waals surface area contributed by atoms with Crippen molar-refractivity contribution in [2.75, 3.05) is 5.75 Å². The Hall–Kier alpha value is -2.89. The molecule has 0 fully saturated rings. The van der Waals surface area contributed by atoms with Crippen molar-refractivity contribution in [1.29, 1.82) is 0 Å². The van der Waals surface area contributed by atoms with Crippen LogP contribution in [0, 0.1) is 0 Å². The lowest BCUT2D eigenvalue weighted by atomic mass is 10.5. The smallest absolute Gasteiger partial charge is 0.328 e. The number of hydrogen-bond acceptors (Lipinski definition) is 8. The van der Waals surface area contributed by atoms with Gasteiger partial charge in [0.15, 0.2) is 5.96 Å². The molecular weight excluding hydrogens is 450 g/mol. The standard InChI is InChI=1S/C8H15N7O3S3.C4H4O4/c9-6(15-21(12,17)18)1-2-20(16)4-5-3-19-8(13-5)14-7(10)11;5-3(6)1-2-4(7)8/h3H,1-2,4H2,(H2,9,15)(H2,12,17,18)(H4,10,11,13,14);1-2H,(H,5,6)(H,7,8)/b;2-1-. The fraction of sp³-hybridized carbons (Fsp3) is 0.250. The molecule has 0 radical (unpaired) electrons. The van der Waals surface area contributed by atoms with Gasteiger partial charge in [0.1, 0.15) is 5.84 Å². The van der Waals surface area contributed by atoms with Crippen LogP contribution in [0.4, 0.5) is 5.13 Å². The molecule has 0 aromatic carbocycles. The number of aliphatic imine (C=N–C) groups is 1. The maximum absolute atomic E-state index is 11.8. The van der Waals surface area contributed by atoms with E-state index >= 15 is 0 Å². The fourth-order valence-electron chi connectivity index (χ4n) is 1.33. The largest absolute Gasteiger partial charge is 0.478 e. The van der Waals surface area contributed by atoms with E-state index in [1.807, 2.05) is 0 Å². The molecule has 14 nitrogen and oxygen atoms in total. The summed E-state index contributed by atoms with van der Waals surface area (Å²) in [5, 5.41) is 22.4. The van der Waals surface area contributed by atoms with Gasteiger partial charge in [-0.25, -0.2) is 19.7 Å². The normalized spacial score (nSPS) is 12.7. The second-order valence-electron chi connectivity index (χ2n) is 4.80. The Bertz CT molecular complexity index is 917. The molecule has 0 aliphatic carbocycles. The van der Waals surface area contributed by atoms with Gasteiger partial charge in [-0.1, -0.05) is 0 Å². The van der Waals surface area contributed by atoms with Gasteiger partial charge in [0.2, 0.25) is 5.13 Å². The number of amidine groups is 1. The molecule has 0 bridgehead atoms. The van der Waals surface area contributed by atoms with Crippen molar-refractivity contribution in [3.63, 3.8) is 0 Å². The SMILES string of the molecule is NC(N)=Nc1nc(CS(=O)CC/C(N)=N/S(N)(=O)=O)cs1.O=C(O)/C=C\C(=O)O. The number of carboxylic acid groups (broad SMARTS) is 2. The van der Waals surface area contributed by atoms with Crippen LogP contribution < -0.4 is 22.3 Å². The third kappa shape index (κ3) is 15.8. The van der Waals surface area contributed by atoms with Crippen LogP contribution in [-0.2, 0) is 36.4 Å². The number of nitrogens with zero attached hydrogens (tertiary/aromatic N) is 3. The summed E-state index contributed by atoms with van der Waals surface area (Å²) in [5.74, 6) is -2.49. The summed E-state index contributed by atoms with van der Waals surface area (Å²) in [6.45, 7) is 0. The molecule has 0 aliphatic heterocycles. The van der Waals surface area contributed by atoms with Gasteiger partial charge < -0.3 is 27.4 Å². The first-order chi connectivity index (χ1) is 13.3. The van der Waals surface area contributed by atoms with E-state index in [0.29, 0.717) is 23.0 Å². The Morgan fingerprint density at radius 3 is 2.21 bits per heavy atom. The molecule has 0 amide bonds. The lowest BCUT2D eigenvalue weighted by Crippen LogP contribution is -2.21. The number of carbonyl (C=O) groups is 2. The zero-order valence-corrected chi connectivity index (χ0v) is 17.1. The van der Waals surface area contributed by atoms with E-state index in [1.165, 1.54) is 11.3 Å². The molecule has 1 atom stereocenters. The fourth-order valence-corrected chi connectivity index (χ4v) is 3.62. The van der Waals surface area contributed by atoms with E-state index in [4.69, 9.17) is 32.6 Å². The van der Waals surface area contributed by atoms with Gasteiger partial charge in [0.05, 0.1) is 11.4 Å². The van der Waals surface area contributed by atoms with Crippen LogP contribution in [0.5, 0.6) is 0 Å². The van der Waals surface area contributed by atoms with Crippen molar-refractivity contribution in [1.82, 2.24) is 4.98 Å². The van der Waals surface area contributed by atoms with E-state index in [1.54, 1.807) is 5.38 Å². The zero-order chi connectivity index (χ0) is 22.6. The summed E-state index contributed by atoms with van der Waals surface area (Å²) in [6.07, 6.45) is 1.17. The summed E-state index contributed by atoms with van der Waals surface area (Å²) in [6, 6.07) is 0. The molecule has 17 heteroatoms. The molecule has 1 aromatic heterocycles. The first kappa shape index (κ1) is 26.1. The number of carboxylic acids is 2. The molecule has 1 rings (SSSR count). The number of nitrogens with two attached hydrogens (primary N) is 4. The Morgan fingerprint density at radius 1 is 1.21 bits per heavy atom. The molecule has 10 N–H and O–H groups in total. The lowest BCUT2D eigenvalue weighted by Gasteiger charge is -2.00. The van der Waals surface area contributed by atoms with Gasteiger partial charge in [-0.05, 0) is 0 Å². The van der Waals surface area contributed by atoms with Gasteiger partial charge in [-0.2, -0.15) is 13.4 Å². The van der Waals surface area contributed by atoms with E-state index in [2.05, 4.69) is 14.4 Å². The molecule has 0 spiro atoms. The Balaban J connectivity index is 0.000000828. The third-order valence-electron chi connectivity index (χ3n) is 2.27. The van der Waals surface area contributed by atoms with Crippen molar-refractivity contribution < 1.29 is 32.4 Å². The number of thiazole rings is 1. The average Bonchev–Trinajstić information content (AvgIpc) is 2.96. The van der Waals surface area contributed by atoms with Crippen molar-refractivity contribution in [2.24, 2.45) is 31.7 Å². The highest BCUT2D eigenvalue weighted by Gasteiger charge is 2.08. The molecule has 162 valence electrons. The lowest BCUT2D eigenvalue weighted by molar-refractivity contribution is -0.134. The Morgan fingerprint density at radius 2 is 1.76 bits per heavy atom. The predicted molar refractivity (Wildman–Crippen MR) is 108 cm³/mol. The van der Waals surface area contributed by atoms with Crippen LogP contribution in [0.15, 0.2) is 26.9 Å². The minimum absolute atomic E-state index is 0.0495. The highest BCUT2D eigenvalue weighted by atomic mass is 32.2. The number of hydrogen-bond donors (Lipinski definition) is 6. The summed E-state index contributed by atoms with van der Waals surface area (Å²) in [4.78, 5) is 26.9.